The van der Waals surface area contributed by atoms with Gasteiger partial charge in [-0.2, -0.15) is 0 Å². The summed E-state index contributed by atoms with van der Waals surface area (Å²) in [6.45, 7) is 0.364. The van der Waals surface area contributed by atoms with Crippen LogP contribution in [0.25, 0.3) is 11.1 Å². The molecule has 47 heavy (non-hydrogen) atoms. The third-order valence-corrected chi connectivity index (χ3v) is 13.7. The molecule has 0 saturated carbocycles. The summed E-state index contributed by atoms with van der Waals surface area (Å²) in [4.78, 5) is 0. The van der Waals surface area contributed by atoms with Crippen LogP contribution >= 0.6 is 15.8 Å². The molecule has 6 aromatic carbocycles. The van der Waals surface area contributed by atoms with Crippen molar-refractivity contribution < 1.29 is 50.3 Å². The molecule has 6 aromatic rings. The van der Waals surface area contributed by atoms with Crippen molar-refractivity contribution >= 4 is 47.7 Å². The van der Waals surface area contributed by atoms with Crippen molar-refractivity contribution in [2.75, 3.05) is 13.6 Å². The zero-order chi connectivity index (χ0) is 29.3. The van der Waals surface area contributed by atoms with Gasteiger partial charge in [0.25, 0.3) is 0 Å². The molecule has 0 amide bonds. The van der Waals surface area contributed by atoms with Crippen LogP contribution in [0.4, 0.5) is 0 Å². The maximum absolute atomic E-state index is 6.36. The van der Waals surface area contributed by atoms with Crippen molar-refractivity contribution in [3.05, 3.63) is 146 Å². The van der Waals surface area contributed by atoms with Gasteiger partial charge in [-0.05, 0) is 72.8 Å². The molecule has 6 nitrogen and oxygen atoms in total. The van der Waals surface area contributed by atoms with Crippen LogP contribution in [-0.4, -0.2) is 24.5 Å². The second kappa shape index (κ2) is 15.2. The van der Waals surface area contributed by atoms with E-state index in [1.807, 2.05) is 0 Å². The Kier molecular flexibility index (Phi) is 11.1. The van der Waals surface area contributed by atoms with Crippen LogP contribution in [0.2, 0.25) is 0 Å². The van der Waals surface area contributed by atoms with E-state index >= 15 is 0 Å². The fourth-order valence-corrected chi connectivity index (χ4v) is 11.7. The molecule has 4 N–H and O–H groups in total. The molecule has 240 valence electrons. The molecule has 0 bridgehead atoms. The van der Waals surface area contributed by atoms with E-state index in [9.17, 15) is 0 Å². The third kappa shape index (κ3) is 6.45. The van der Waals surface area contributed by atoms with Crippen molar-refractivity contribution in [2.24, 2.45) is 0 Å². The molecule has 2 aliphatic rings. The predicted molar refractivity (Wildman–Crippen MR) is 192 cm³/mol. The molecule has 0 aliphatic carbocycles. The van der Waals surface area contributed by atoms with Gasteiger partial charge in [-0.1, -0.05) is 72.8 Å². The van der Waals surface area contributed by atoms with Crippen molar-refractivity contribution in [2.45, 2.75) is 0 Å². The number of hydrogen-bond donors (Lipinski definition) is 0. The predicted octanol–water partition coefficient (Wildman–Crippen LogP) is 4.14. The Morgan fingerprint density at radius 1 is 0.362 bits per heavy atom. The van der Waals surface area contributed by atoms with Gasteiger partial charge >= 0.3 is 0 Å². The number of hydrogen-bond acceptors (Lipinski definition) is 4. The van der Waals surface area contributed by atoms with Gasteiger partial charge in [0.05, 0.1) is 27.0 Å². The van der Waals surface area contributed by atoms with E-state index in [-0.39, 0.29) is 45.0 Å². The zero-order valence-corrected chi connectivity index (χ0v) is 28.8. The fourth-order valence-electron chi connectivity index (χ4n) is 6.23. The van der Waals surface area contributed by atoms with Crippen LogP contribution in [0.5, 0.6) is 23.0 Å². The Bertz CT molecular complexity index is 1710. The Hall–Kier alpha value is -4.04. The molecule has 0 aromatic heterocycles. The van der Waals surface area contributed by atoms with E-state index < -0.39 is 15.8 Å². The normalized spacial score (nSPS) is 12.2. The monoisotopic (exact) mass is 754 g/mol. The molecule has 8 rings (SSSR count). The first kappa shape index (κ1) is 34.3. The summed E-state index contributed by atoms with van der Waals surface area (Å²) in [6, 6.07) is 51.9. The first-order valence-corrected chi connectivity index (χ1v) is 17.7. The summed E-state index contributed by atoms with van der Waals surface area (Å²) in [6.07, 6.45) is 0. The molecular weight excluding hydrogens is 721 g/mol. The van der Waals surface area contributed by atoms with E-state index in [1.54, 1.807) is 0 Å². The topological polar surface area (TPSA) is 99.9 Å². The maximum atomic E-state index is 6.36. The summed E-state index contributed by atoms with van der Waals surface area (Å²) in [5.41, 5.74) is 2.07. The second-order valence-electron chi connectivity index (χ2n) is 10.7. The summed E-state index contributed by atoms with van der Waals surface area (Å²) in [7, 11) is -2.96. The van der Waals surface area contributed by atoms with Crippen LogP contribution in [0.15, 0.2) is 146 Å². The minimum absolute atomic E-state index is 0. The van der Waals surface area contributed by atoms with E-state index in [0.717, 1.165) is 34.1 Å². The molecule has 0 radical (unpaired) electrons. The number of ether oxygens (including phenoxy) is 4. The average Bonchev–Trinajstić information content (AvgIpc) is 3.77. The van der Waals surface area contributed by atoms with Crippen molar-refractivity contribution in [3.8, 4) is 34.1 Å². The quantitative estimate of drug-likeness (QED) is 0.181. The molecule has 0 atom stereocenters. The van der Waals surface area contributed by atoms with Crippen molar-refractivity contribution in [1.29, 1.82) is 0 Å². The third-order valence-electron chi connectivity index (χ3n) is 8.12. The number of rotatable bonds is 7. The molecule has 2 aliphatic heterocycles. The van der Waals surface area contributed by atoms with Crippen LogP contribution in [0.1, 0.15) is 0 Å². The van der Waals surface area contributed by atoms with Gasteiger partial charge in [0.2, 0.25) is 13.6 Å². The molecule has 0 unspecified atom stereocenters. The molecule has 2 heterocycles. The van der Waals surface area contributed by atoms with E-state index in [4.69, 9.17) is 18.9 Å². The van der Waals surface area contributed by atoms with Gasteiger partial charge in [0, 0.05) is 20.4 Å². The molecule has 0 spiro atoms. The van der Waals surface area contributed by atoms with Gasteiger partial charge in [-0.25, -0.2) is 0 Å². The molecule has 0 saturated heterocycles. The smallest absolute Gasteiger partial charge is 0.231 e. The van der Waals surface area contributed by atoms with Crippen molar-refractivity contribution in [3.63, 3.8) is 0 Å². The summed E-state index contributed by atoms with van der Waals surface area (Å²) in [5, 5.41) is 7.64. The van der Waals surface area contributed by atoms with Gasteiger partial charge in [0.15, 0.2) is 23.0 Å². The molecular formula is C38H34O6P2Pd+2. The average molecular weight is 755 g/mol. The van der Waals surface area contributed by atoms with Gasteiger partial charge in [-0.3, -0.25) is 0 Å². The van der Waals surface area contributed by atoms with Crippen LogP contribution < -0.4 is 50.8 Å². The molecule has 9 heteroatoms. The van der Waals surface area contributed by atoms with Crippen LogP contribution in [-0.2, 0) is 20.4 Å². The second-order valence-corrected chi connectivity index (χ2v) is 15.5. The molecule has 0 fully saturated rings. The first-order valence-electron chi connectivity index (χ1n) is 14.7. The van der Waals surface area contributed by atoms with Gasteiger partial charge in [-0.15, -0.1) is 0 Å². The Morgan fingerprint density at radius 3 is 0.957 bits per heavy atom. The van der Waals surface area contributed by atoms with Gasteiger partial charge < -0.3 is 29.9 Å². The largest absolute Gasteiger partial charge is 0.454 e. The number of benzene rings is 6. The van der Waals surface area contributed by atoms with Crippen LogP contribution in [0.3, 0.4) is 0 Å². The minimum atomic E-state index is -1.48. The Balaban J connectivity index is 0.00000144. The standard InChI is InChI=1S/C38H28O4P2.2H2O.Pd/c1-5-13-27(14-6-1)43(28-15-7-2-8-16-28)33-23-21-31-37(41-25-39-31)35(33)36-34(24-22-32-38(36)42-26-40-32)44(29-17-9-3-10-18-29)30-19-11-4-12-20-30;;;/h1-24H,25-26H2;2*1H2;/p+2. The van der Waals surface area contributed by atoms with E-state index in [2.05, 4.69) is 146 Å². The Labute approximate surface area is 290 Å². The van der Waals surface area contributed by atoms with E-state index in [1.165, 1.54) is 31.8 Å². The van der Waals surface area contributed by atoms with Gasteiger partial charge in [0.1, 0.15) is 31.8 Å². The number of fused-ring (bicyclic) bond motifs is 2. The van der Waals surface area contributed by atoms with Crippen LogP contribution in [0, 0.1) is 0 Å². The zero-order valence-electron chi connectivity index (χ0n) is 25.2. The van der Waals surface area contributed by atoms with Crippen molar-refractivity contribution in [1.82, 2.24) is 0 Å². The van der Waals surface area contributed by atoms with E-state index in [0.29, 0.717) is 0 Å². The summed E-state index contributed by atoms with van der Waals surface area (Å²) in [5.74, 6) is 3.04. The minimum Gasteiger partial charge on any atom is -0.454 e. The summed E-state index contributed by atoms with van der Waals surface area (Å²) < 4.78 is 24.8. The first-order chi connectivity index (χ1) is 21.9. The Morgan fingerprint density at radius 2 is 0.660 bits per heavy atom. The fraction of sp³-hybridized carbons (Fsp3) is 0.0526. The SMILES string of the molecule is O.O.[Pd].c1ccc([PH+](c2ccccc2)c2ccc3c(c2-c2c([PH+](c4ccccc4)c4ccccc4)ccc4c2OCO4)OCO3)cc1. The summed E-state index contributed by atoms with van der Waals surface area (Å²) >= 11 is 0. The maximum Gasteiger partial charge on any atom is 0.231 e.